The molecule has 0 radical (unpaired) electrons. The predicted molar refractivity (Wildman–Crippen MR) is 96.7 cm³/mol. The van der Waals surface area contributed by atoms with E-state index in [0.29, 0.717) is 22.3 Å². The van der Waals surface area contributed by atoms with Crippen molar-refractivity contribution in [1.29, 1.82) is 0 Å². The van der Waals surface area contributed by atoms with Crippen molar-refractivity contribution < 1.29 is 9.84 Å². The first-order valence-corrected chi connectivity index (χ1v) is 7.90. The van der Waals surface area contributed by atoms with E-state index in [4.69, 9.17) is 16.3 Å². The predicted octanol–water partition coefficient (Wildman–Crippen LogP) is 4.22. The summed E-state index contributed by atoms with van der Waals surface area (Å²) in [6.45, 7) is 0. The number of hydrogen-bond acceptors (Lipinski definition) is 5. The highest BCUT2D eigenvalue weighted by Crippen LogP contribution is 2.35. The van der Waals surface area contributed by atoms with Crippen molar-refractivity contribution in [1.82, 2.24) is 14.5 Å². The zero-order valence-corrected chi connectivity index (χ0v) is 14.0. The fourth-order valence-corrected chi connectivity index (χ4v) is 2.64. The van der Waals surface area contributed by atoms with E-state index in [2.05, 4.69) is 15.0 Å². The van der Waals surface area contributed by atoms with Gasteiger partial charge in [-0.25, -0.2) is 9.98 Å². The fourth-order valence-electron chi connectivity index (χ4n) is 2.48. The molecule has 0 amide bonds. The van der Waals surface area contributed by atoms with E-state index in [0.717, 1.165) is 11.1 Å². The van der Waals surface area contributed by atoms with Crippen molar-refractivity contribution in [3.05, 3.63) is 58.9 Å². The van der Waals surface area contributed by atoms with Crippen molar-refractivity contribution in [3.63, 3.8) is 0 Å². The van der Waals surface area contributed by atoms with Crippen molar-refractivity contribution in [3.8, 4) is 17.6 Å². The molecule has 0 unspecified atom stereocenters. The van der Waals surface area contributed by atoms with Gasteiger partial charge in [-0.05, 0) is 24.3 Å². The number of ether oxygens (including phenoxy) is 1. The molecule has 1 N–H and O–H groups in total. The van der Waals surface area contributed by atoms with Gasteiger partial charge in [0.2, 0.25) is 5.88 Å². The van der Waals surface area contributed by atoms with Crippen LogP contribution in [-0.2, 0) is 7.05 Å². The minimum atomic E-state index is -0.00438. The third-order valence-corrected chi connectivity index (χ3v) is 3.97. The summed E-state index contributed by atoms with van der Waals surface area (Å²) in [5.74, 6) is 1.22. The molecule has 0 fully saturated rings. The Morgan fingerprint density at radius 3 is 2.84 bits per heavy atom. The van der Waals surface area contributed by atoms with Gasteiger partial charge in [-0.2, -0.15) is 4.98 Å². The lowest BCUT2D eigenvalue weighted by Crippen LogP contribution is -1.93. The lowest BCUT2D eigenvalue weighted by Gasteiger charge is -2.03. The number of imidazole rings is 1. The first-order chi connectivity index (χ1) is 12.1. The summed E-state index contributed by atoms with van der Waals surface area (Å²) in [6.07, 6.45) is 4.94. The molecule has 1 aromatic carbocycles. The molecule has 0 spiro atoms. The molecule has 0 atom stereocenters. The molecule has 0 saturated carbocycles. The molecule has 0 aliphatic carbocycles. The number of allylic oxidation sites excluding steroid dienone is 1. The highest BCUT2D eigenvalue weighted by molar-refractivity contribution is 6.31. The van der Waals surface area contributed by atoms with E-state index in [9.17, 15) is 5.11 Å². The van der Waals surface area contributed by atoms with E-state index in [1.54, 1.807) is 31.6 Å². The molecule has 25 heavy (non-hydrogen) atoms. The number of pyridine rings is 1. The molecule has 0 bridgehead atoms. The second-order valence-electron chi connectivity index (χ2n) is 5.46. The maximum Gasteiger partial charge on any atom is 0.305 e. The maximum atomic E-state index is 10.3. The average Bonchev–Trinajstić information content (AvgIpc) is 3.13. The molecule has 2 aromatic heterocycles. The number of aromatic nitrogens is 3. The summed E-state index contributed by atoms with van der Waals surface area (Å²) in [6, 6.07) is 11.3. The highest BCUT2D eigenvalue weighted by atomic mass is 35.5. The average molecular weight is 353 g/mol. The lowest BCUT2D eigenvalue weighted by atomic mass is 10.1. The molecular formula is C18H13ClN4O2. The van der Waals surface area contributed by atoms with Gasteiger partial charge in [0.25, 0.3) is 0 Å². The van der Waals surface area contributed by atoms with Crippen molar-refractivity contribution in [2.75, 3.05) is 0 Å². The van der Waals surface area contributed by atoms with E-state index in [1.807, 2.05) is 30.3 Å². The first-order valence-electron chi connectivity index (χ1n) is 7.52. The van der Waals surface area contributed by atoms with Crippen LogP contribution in [0.2, 0.25) is 5.02 Å². The second-order valence-corrected chi connectivity index (χ2v) is 5.90. The molecule has 3 aromatic rings. The van der Waals surface area contributed by atoms with Crippen molar-refractivity contribution >= 4 is 35.3 Å². The molecule has 1 aliphatic rings. The fraction of sp³-hybridized carbons (Fsp3) is 0.0556. The van der Waals surface area contributed by atoms with Gasteiger partial charge < -0.3 is 9.84 Å². The van der Waals surface area contributed by atoms with Crippen LogP contribution in [0.1, 0.15) is 11.3 Å². The molecule has 4 rings (SSSR count). The normalized spacial score (nSPS) is 14.1. The Balaban J connectivity index is 1.70. The third-order valence-electron chi connectivity index (χ3n) is 3.76. The van der Waals surface area contributed by atoms with Gasteiger partial charge in [0.15, 0.2) is 5.82 Å². The van der Waals surface area contributed by atoms with E-state index < -0.39 is 0 Å². The van der Waals surface area contributed by atoms with Crippen LogP contribution < -0.4 is 4.74 Å². The Hall–Kier alpha value is -3.12. The van der Waals surface area contributed by atoms with Crippen molar-refractivity contribution in [2.24, 2.45) is 12.0 Å². The summed E-state index contributed by atoms with van der Waals surface area (Å²) in [4.78, 5) is 12.8. The minimum Gasteiger partial charge on any atom is -0.493 e. The van der Waals surface area contributed by atoms with E-state index >= 15 is 0 Å². The number of aromatic hydroxyl groups is 1. The number of halogens is 1. The zero-order chi connectivity index (χ0) is 17.4. The molecule has 6 nitrogen and oxygen atoms in total. The van der Waals surface area contributed by atoms with Crippen LogP contribution in [0.3, 0.4) is 0 Å². The van der Waals surface area contributed by atoms with Gasteiger partial charge in [-0.15, -0.1) is 0 Å². The maximum absolute atomic E-state index is 10.3. The van der Waals surface area contributed by atoms with Gasteiger partial charge in [0.05, 0.1) is 5.02 Å². The van der Waals surface area contributed by atoms with Gasteiger partial charge in [-0.1, -0.05) is 29.8 Å². The Morgan fingerprint density at radius 1 is 1.24 bits per heavy atom. The van der Waals surface area contributed by atoms with Crippen molar-refractivity contribution in [2.45, 2.75) is 0 Å². The number of rotatable bonds is 3. The second kappa shape index (κ2) is 6.07. The van der Waals surface area contributed by atoms with Gasteiger partial charge in [0.1, 0.15) is 11.4 Å². The third kappa shape index (κ3) is 2.88. The van der Waals surface area contributed by atoms with Crippen LogP contribution in [0, 0.1) is 0 Å². The van der Waals surface area contributed by atoms with E-state index in [-0.39, 0.29) is 11.9 Å². The summed E-state index contributed by atoms with van der Waals surface area (Å²) in [7, 11) is 1.68. The monoisotopic (exact) mass is 352 g/mol. The quantitative estimate of drug-likeness (QED) is 0.765. The Morgan fingerprint density at radius 2 is 2.04 bits per heavy atom. The minimum absolute atomic E-state index is 0.00438. The van der Waals surface area contributed by atoms with Crippen LogP contribution >= 0.6 is 11.6 Å². The zero-order valence-electron chi connectivity index (χ0n) is 13.2. The number of nitrogens with zero attached hydrogens (tertiary/aromatic N) is 4. The number of benzene rings is 1. The number of hydrogen-bond donors (Lipinski definition) is 1. The molecule has 3 heterocycles. The molecule has 7 heteroatoms. The molecular weight excluding hydrogens is 340 g/mol. The Bertz CT molecular complexity index is 1010. The Kier molecular flexibility index (Phi) is 3.74. The first kappa shape index (κ1) is 15.4. The topological polar surface area (TPSA) is 72.5 Å². The molecule has 0 saturated heterocycles. The van der Waals surface area contributed by atoms with Gasteiger partial charge >= 0.3 is 6.01 Å². The largest absolute Gasteiger partial charge is 0.493 e. The van der Waals surface area contributed by atoms with Crippen LogP contribution in [0.25, 0.3) is 11.6 Å². The summed E-state index contributed by atoms with van der Waals surface area (Å²) in [5.41, 5.74) is 1.94. The SMILES string of the molecule is Cn1c(Oc2ccccc2)nc(C=C2C=Nc3ncc(Cl)cc32)c1O. The summed E-state index contributed by atoms with van der Waals surface area (Å²) >= 11 is 6.01. The molecule has 1 aliphatic heterocycles. The van der Waals surface area contributed by atoms with Crippen LogP contribution in [0.15, 0.2) is 47.6 Å². The molecule has 124 valence electrons. The van der Waals surface area contributed by atoms with Gasteiger partial charge in [0, 0.05) is 30.6 Å². The van der Waals surface area contributed by atoms with Crippen LogP contribution in [0.4, 0.5) is 5.82 Å². The summed E-state index contributed by atoms with van der Waals surface area (Å²) < 4.78 is 7.19. The number of fused-ring (bicyclic) bond motifs is 1. The lowest BCUT2D eigenvalue weighted by molar-refractivity contribution is 0.388. The van der Waals surface area contributed by atoms with Gasteiger partial charge in [-0.3, -0.25) is 4.57 Å². The Labute approximate surface area is 148 Å². The van der Waals surface area contributed by atoms with E-state index in [1.165, 1.54) is 4.57 Å². The standard InChI is InChI=1S/C18H13ClN4O2/c1-23-17(24)15(22-18(23)25-13-5-3-2-4-6-13)7-11-9-20-16-14(11)8-12(19)10-21-16/h2-10,24H,1H3. The number of para-hydroxylation sites is 1. The number of aliphatic imine (C=N–C) groups is 1. The van der Waals surface area contributed by atoms with Crippen LogP contribution in [0.5, 0.6) is 17.6 Å². The smallest absolute Gasteiger partial charge is 0.305 e. The highest BCUT2D eigenvalue weighted by Gasteiger charge is 2.18. The van der Waals surface area contributed by atoms with Crippen LogP contribution in [-0.4, -0.2) is 25.9 Å². The summed E-state index contributed by atoms with van der Waals surface area (Å²) in [5, 5.41) is 10.9.